The number of aliphatic imine (C=N–C) groups is 1. The topological polar surface area (TPSA) is 55.7 Å². The van der Waals surface area contributed by atoms with Crippen molar-refractivity contribution in [3.05, 3.63) is 35.9 Å². The Kier molecular flexibility index (Phi) is 4.56. The third-order valence-corrected chi connectivity index (χ3v) is 3.48. The lowest BCUT2D eigenvalue weighted by molar-refractivity contribution is 0.295. The second-order valence-corrected chi connectivity index (χ2v) is 4.73. The molecule has 0 N–H and O–H groups in total. The summed E-state index contributed by atoms with van der Waals surface area (Å²) in [5, 5.41) is 0. The Morgan fingerprint density at radius 2 is 2.12 bits per heavy atom. The number of hydrogen-bond acceptors (Lipinski definition) is 4. The SMILES string of the molecule is CCOP(=O)(F)[C@H](N=C=O)c1ccccc1. The second kappa shape index (κ2) is 5.71. The number of halogens is 1. The summed E-state index contributed by atoms with van der Waals surface area (Å²) >= 11 is 0. The Balaban J connectivity index is 3.10. The molecule has 0 spiro atoms. The monoisotopic (exact) mass is 243 g/mol. The molecule has 0 aliphatic heterocycles. The predicted octanol–water partition coefficient (Wildman–Crippen LogP) is 3.22. The molecule has 0 saturated carbocycles. The van der Waals surface area contributed by atoms with Crippen LogP contribution < -0.4 is 0 Å². The van der Waals surface area contributed by atoms with Gasteiger partial charge in [-0.1, -0.05) is 30.3 Å². The fourth-order valence-corrected chi connectivity index (χ4v) is 2.45. The molecule has 16 heavy (non-hydrogen) atoms. The lowest BCUT2D eigenvalue weighted by Gasteiger charge is -2.15. The maximum Gasteiger partial charge on any atom is 0.396 e. The molecule has 0 aromatic heterocycles. The van der Waals surface area contributed by atoms with Crippen molar-refractivity contribution in [3.8, 4) is 0 Å². The van der Waals surface area contributed by atoms with E-state index in [9.17, 15) is 13.6 Å². The van der Waals surface area contributed by atoms with Crippen LogP contribution in [0.2, 0.25) is 0 Å². The van der Waals surface area contributed by atoms with Crippen molar-refractivity contribution < 1.29 is 18.1 Å². The lowest BCUT2D eigenvalue weighted by Crippen LogP contribution is -1.97. The van der Waals surface area contributed by atoms with E-state index in [2.05, 4.69) is 9.52 Å². The predicted molar refractivity (Wildman–Crippen MR) is 57.6 cm³/mol. The molecule has 0 bridgehead atoms. The number of carbonyl (C=O) groups excluding carboxylic acids is 1. The molecule has 0 saturated heterocycles. The van der Waals surface area contributed by atoms with Crippen LogP contribution in [0.4, 0.5) is 4.20 Å². The van der Waals surface area contributed by atoms with Crippen LogP contribution in [0.25, 0.3) is 0 Å². The fraction of sp³-hybridized carbons (Fsp3) is 0.300. The van der Waals surface area contributed by atoms with E-state index in [1.807, 2.05) is 0 Å². The van der Waals surface area contributed by atoms with Gasteiger partial charge in [-0.25, -0.2) is 4.79 Å². The maximum absolute atomic E-state index is 13.7. The molecular formula is C10H11FNO3P. The van der Waals surface area contributed by atoms with Crippen LogP contribution in [0.1, 0.15) is 18.3 Å². The summed E-state index contributed by atoms with van der Waals surface area (Å²) in [7, 11) is -4.47. The van der Waals surface area contributed by atoms with Gasteiger partial charge in [-0.15, -0.1) is 0 Å². The number of rotatable bonds is 5. The minimum absolute atomic E-state index is 0.0501. The van der Waals surface area contributed by atoms with E-state index in [1.165, 1.54) is 25.1 Å². The molecule has 0 amide bonds. The Morgan fingerprint density at radius 3 is 2.62 bits per heavy atom. The standard InChI is InChI=1S/C10H11FNO3P/c1-2-15-16(11,14)10(12-8-13)9-6-4-3-5-7-9/h3-7,10H,2H2,1H3/t10-,16?/m0/s1. The molecule has 0 aliphatic carbocycles. The Bertz CT molecular complexity index is 431. The largest absolute Gasteiger partial charge is 0.396 e. The highest BCUT2D eigenvalue weighted by Gasteiger charge is 2.35. The van der Waals surface area contributed by atoms with Gasteiger partial charge in [0.2, 0.25) is 6.08 Å². The van der Waals surface area contributed by atoms with Crippen LogP contribution in [-0.2, 0) is 13.9 Å². The van der Waals surface area contributed by atoms with E-state index in [-0.39, 0.29) is 6.61 Å². The van der Waals surface area contributed by atoms with Gasteiger partial charge in [0.05, 0.1) is 6.61 Å². The molecule has 0 radical (unpaired) electrons. The van der Waals surface area contributed by atoms with Gasteiger partial charge in [-0.05, 0) is 12.5 Å². The molecule has 1 aromatic rings. The summed E-state index contributed by atoms with van der Waals surface area (Å²) in [5.74, 6) is -1.42. The van der Waals surface area contributed by atoms with Crippen LogP contribution in [0.5, 0.6) is 0 Å². The fourth-order valence-electron chi connectivity index (χ4n) is 1.24. The molecule has 4 nitrogen and oxygen atoms in total. The number of hydrogen-bond donors (Lipinski definition) is 0. The third-order valence-electron chi connectivity index (χ3n) is 1.87. The second-order valence-electron chi connectivity index (χ2n) is 2.94. The molecule has 6 heteroatoms. The average molecular weight is 243 g/mol. The van der Waals surface area contributed by atoms with Crippen molar-refractivity contribution >= 4 is 13.8 Å². The van der Waals surface area contributed by atoms with E-state index in [0.717, 1.165) is 0 Å². The number of nitrogens with zero attached hydrogens (tertiary/aromatic N) is 1. The van der Waals surface area contributed by atoms with Crippen LogP contribution in [0.3, 0.4) is 0 Å². The number of benzene rings is 1. The first-order valence-electron chi connectivity index (χ1n) is 4.67. The number of isocyanates is 1. The molecular weight excluding hydrogens is 232 g/mol. The van der Waals surface area contributed by atoms with Crippen molar-refractivity contribution in [3.63, 3.8) is 0 Å². The van der Waals surface area contributed by atoms with E-state index < -0.39 is 13.5 Å². The van der Waals surface area contributed by atoms with Crippen molar-refractivity contribution in [2.75, 3.05) is 6.61 Å². The van der Waals surface area contributed by atoms with Gasteiger partial charge < -0.3 is 4.52 Å². The lowest BCUT2D eigenvalue weighted by atomic mass is 10.2. The quantitative estimate of drug-likeness (QED) is 0.453. The summed E-state index contributed by atoms with van der Waals surface area (Å²) in [5.41, 5.74) is 0.324. The average Bonchev–Trinajstić information content (AvgIpc) is 2.27. The molecule has 0 heterocycles. The Morgan fingerprint density at radius 1 is 1.50 bits per heavy atom. The third kappa shape index (κ3) is 3.11. The van der Waals surface area contributed by atoms with Crippen LogP contribution in [0.15, 0.2) is 35.3 Å². The minimum Gasteiger partial charge on any atom is -0.304 e. The van der Waals surface area contributed by atoms with Gasteiger partial charge >= 0.3 is 7.68 Å². The van der Waals surface area contributed by atoms with Gasteiger partial charge in [0.25, 0.3) is 0 Å². The first-order chi connectivity index (χ1) is 7.61. The zero-order valence-electron chi connectivity index (χ0n) is 8.67. The minimum atomic E-state index is -4.47. The maximum atomic E-state index is 13.7. The van der Waals surface area contributed by atoms with Gasteiger partial charge in [-0.3, -0.25) is 4.57 Å². The molecule has 1 rings (SSSR count). The van der Waals surface area contributed by atoms with Gasteiger partial charge in [-0.2, -0.15) is 9.19 Å². The van der Waals surface area contributed by atoms with Crippen molar-refractivity contribution in [2.24, 2.45) is 4.99 Å². The van der Waals surface area contributed by atoms with Crippen LogP contribution in [0, 0.1) is 0 Å². The molecule has 0 fully saturated rings. The Hall–Kier alpha value is -1.28. The van der Waals surface area contributed by atoms with Gasteiger partial charge in [0.15, 0.2) is 5.78 Å². The summed E-state index contributed by atoms with van der Waals surface area (Å²) in [6.45, 7) is 1.46. The van der Waals surface area contributed by atoms with Crippen LogP contribution >= 0.6 is 7.68 Å². The molecule has 1 aromatic carbocycles. The molecule has 0 aliphatic rings. The summed E-state index contributed by atoms with van der Waals surface area (Å²) in [6, 6.07) is 8.03. The molecule has 86 valence electrons. The summed E-state index contributed by atoms with van der Waals surface area (Å²) < 4.78 is 29.7. The summed E-state index contributed by atoms with van der Waals surface area (Å²) in [6.07, 6.45) is 1.21. The highest BCUT2D eigenvalue weighted by molar-refractivity contribution is 7.53. The first kappa shape index (κ1) is 12.8. The van der Waals surface area contributed by atoms with Crippen molar-refractivity contribution in [1.29, 1.82) is 0 Å². The van der Waals surface area contributed by atoms with E-state index >= 15 is 0 Å². The normalized spacial score (nSPS) is 15.9. The highest BCUT2D eigenvalue weighted by Crippen LogP contribution is 2.61. The summed E-state index contributed by atoms with van der Waals surface area (Å²) in [4.78, 5) is 13.4. The first-order valence-corrected chi connectivity index (χ1v) is 6.26. The van der Waals surface area contributed by atoms with Crippen molar-refractivity contribution in [1.82, 2.24) is 0 Å². The van der Waals surface area contributed by atoms with E-state index in [4.69, 9.17) is 0 Å². The van der Waals surface area contributed by atoms with Crippen molar-refractivity contribution in [2.45, 2.75) is 12.7 Å². The van der Waals surface area contributed by atoms with E-state index in [0.29, 0.717) is 5.56 Å². The zero-order valence-corrected chi connectivity index (χ0v) is 9.56. The van der Waals surface area contributed by atoms with Crippen LogP contribution in [-0.4, -0.2) is 12.7 Å². The van der Waals surface area contributed by atoms with Gasteiger partial charge in [0, 0.05) is 0 Å². The van der Waals surface area contributed by atoms with Gasteiger partial charge in [0.1, 0.15) is 0 Å². The molecule has 2 atom stereocenters. The zero-order chi connectivity index (χ0) is 12.0. The Labute approximate surface area is 92.7 Å². The van der Waals surface area contributed by atoms with E-state index in [1.54, 1.807) is 18.2 Å². The highest BCUT2D eigenvalue weighted by atomic mass is 31.2. The smallest absolute Gasteiger partial charge is 0.304 e. The molecule has 1 unspecified atom stereocenters.